The number of para-hydroxylation sites is 1. The molecule has 0 N–H and O–H groups in total. The Hall–Kier alpha value is -2.43. The number of hydrogen-bond acceptors (Lipinski definition) is 3. The van der Waals surface area contributed by atoms with Crippen LogP contribution in [-0.4, -0.2) is 46.9 Å². The smallest absolute Gasteiger partial charge is 0.243 e. The third-order valence-electron chi connectivity index (χ3n) is 3.83. The summed E-state index contributed by atoms with van der Waals surface area (Å²) >= 11 is 0. The van der Waals surface area contributed by atoms with E-state index >= 15 is 0 Å². The van der Waals surface area contributed by atoms with Crippen molar-refractivity contribution in [1.82, 2.24) is 14.8 Å². The quantitative estimate of drug-likeness (QED) is 0.856. The number of carbonyl (C=O) groups excluding carboxylic acids is 2. The fourth-order valence-electron chi connectivity index (χ4n) is 2.61. The van der Waals surface area contributed by atoms with E-state index < -0.39 is 0 Å². The minimum Gasteiger partial charge on any atom is -0.326 e. The van der Waals surface area contributed by atoms with Crippen LogP contribution in [0.3, 0.4) is 0 Å². The Bertz CT molecular complexity index is 693. The average molecular weight is 283 g/mol. The van der Waals surface area contributed by atoms with Crippen molar-refractivity contribution in [2.24, 2.45) is 0 Å². The maximum Gasteiger partial charge on any atom is 0.243 e. The summed E-state index contributed by atoms with van der Waals surface area (Å²) in [5.41, 5.74) is 2.06. The molecule has 21 heavy (non-hydrogen) atoms. The van der Waals surface area contributed by atoms with Crippen LogP contribution < -0.4 is 0 Å². The molecule has 0 bridgehead atoms. The molecule has 108 valence electrons. The maximum absolute atomic E-state index is 12.2. The molecule has 0 aliphatic carbocycles. The Labute approximate surface area is 123 Å². The lowest BCUT2D eigenvalue weighted by atomic mass is 10.0. The van der Waals surface area contributed by atoms with Gasteiger partial charge in [0.25, 0.3) is 0 Å². The van der Waals surface area contributed by atoms with E-state index in [0.29, 0.717) is 19.5 Å². The van der Waals surface area contributed by atoms with Gasteiger partial charge in [-0.3, -0.25) is 14.6 Å². The zero-order chi connectivity index (χ0) is 14.8. The predicted octanol–water partition coefficient (Wildman–Crippen LogP) is 1.43. The van der Waals surface area contributed by atoms with Gasteiger partial charge in [0, 0.05) is 25.1 Å². The summed E-state index contributed by atoms with van der Waals surface area (Å²) in [7, 11) is 1.71. The topological polar surface area (TPSA) is 53.5 Å². The Kier molecular flexibility index (Phi) is 3.56. The van der Waals surface area contributed by atoms with E-state index in [9.17, 15) is 9.59 Å². The van der Waals surface area contributed by atoms with E-state index in [1.807, 2.05) is 30.3 Å². The van der Waals surface area contributed by atoms with Gasteiger partial charge in [-0.05, 0) is 24.1 Å². The van der Waals surface area contributed by atoms with E-state index in [2.05, 4.69) is 4.98 Å². The molecule has 0 spiro atoms. The Morgan fingerprint density at radius 2 is 2.10 bits per heavy atom. The first-order valence-electron chi connectivity index (χ1n) is 6.99. The van der Waals surface area contributed by atoms with Gasteiger partial charge >= 0.3 is 0 Å². The van der Waals surface area contributed by atoms with E-state index in [1.54, 1.807) is 23.0 Å². The first-order chi connectivity index (χ1) is 10.1. The number of nitrogens with zero attached hydrogens (tertiary/aromatic N) is 3. The van der Waals surface area contributed by atoms with Crippen LogP contribution in [0.2, 0.25) is 0 Å². The van der Waals surface area contributed by atoms with Gasteiger partial charge in [-0.15, -0.1) is 0 Å². The van der Waals surface area contributed by atoms with Gasteiger partial charge in [-0.2, -0.15) is 0 Å². The van der Waals surface area contributed by atoms with Crippen molar-refractivity contribution in [3.05, 3.63) is 42.1 Å². The molecule has 1 aliphatic heterocycles. The Balaban J connectivity index is 1.69. The molecule has 3 rings (SSSR count). The van der Waals surface area contributed by atoms with Gasteiger partial charge in [0.2, 0.25) is 11.8 Å². The fourth-order valence-corrected chi connectivity index (χ4v) is 2.61. The second-order valence-corrected chi connectivity index (χ2v) is 5.31. The minimum absolute atomic E-state index is 0.00212. The lowest BCUT2D eigenvalue weighted by Crippen LogP contribution is -2.30. The zero-order valence-corrected chi connectivity index (χ0v) is 12.0. The molecular weight excluding hydrogens is 266 g/mol. The second-order valence-electron chi connectivity index (χ2n) is 5.31. The lowest BCUT2D eigenvalue weighted by Gasteiger charge is -2.15. The van der Waals surface area contributed by atoms with E-state index in [-0.39, 0.29) is 18.4 Å². The van der Waals surface area contributed by atoms with Crippen LogP contribution in [0.15, 0.2) is 36.5 Å². The molecular formula is C16H17N3O2. The normalized spacial score (nSPS) is 15.0. The number of likely N-dealkylation sites (N-methyl/N-ethyl adjacent to an activating group) is 1. The highest BCUT2D eigenvalue weighted by atomic mass is 16.2. The first-order valence-corrected chi connectivity index (χ1v) is 6.99. The predicted molar refractivity (Wildman–Crippen MR) is 79.4 cm³/mol. The summed E-state index contributed by atoms with van der Waals surface area (Å²) in [6, 6.07) is 9.88. The number of rotatable bonds is 3. The molecule has 5 nitrogen and oxygen atoms in total. The molecule has 5 heteroatoms. The third kappa shape index (κ3) is 2.72. The van der Waals surface area contributed by atoms with Crippen molar-refractivity contribution in [3.8, 4) is 0 Å². The molecule has 0 saturated carbocycles. The van der Waals surface area contributed by atoms with Gasteiger partial charge in [-0.25, -0.2) is 0 Å². The number of carbonyl (C=O) groups is 2. The molecule has 2 heterocycles. The summed E-state index contributed by atoms with van der Waals surface area (Å²) < 4.78 is 0. The number of hydrogen-bond donors (Lipinski definition) is 0. The first kappa shape index (κ1) is 13.5. The standard InChI is InChI=1S/C16H17N3O2/c1-18-11-19(10-16(18)21)15(20)7-6-12-8-9-17-14-5-3-2-4-13(12)14/h2-5,8-9H,6-7,10-11H2,1H3. The fraction of sp³-hybridized carbons (Fsp3) is 0.312. The number of amides is 2. The number of fused-ring (bicyclic) bond motifs is 1. The highest BCUT2D eigenvalue weighted by Gasteiger charge is 2.27. The molecule has 2 amide bonds. The van der Waals surface area contributed by atoms with Crippen LogP contribution in [0.25, 0.3) is 10.9 Å². The van der Waals surface area contributed by atoms with Gasteiger partial charge in [-0.1, -0.05) is 18.2 Å². The molecule has 1 fully saturated rings. The maximum atomic E-state index is 12.2. The number of benzene rings is 1. The largest absolute Gasteiger partial charge is 0.326 e. The summed E-state index contributed by atoms with van der Waals surface area (Å²) in [5, 5.41) is 1.09. The van der Waals surface area contributed by atoms with Crippen LogP contribution in [0, 0.1) is 0 Å². The summed E-state index contributed by atoms with van der Waals surface area (Å²) in [6.45, 7) is 0.598. The molecule has 2 aromatic rings. The van der Waals surface area contributed by atoms with Gasteiger partial charge in [0.1, 0.15) is 6.54 Å². The van der Waals surface area contributed by atoms with Gasteiger partial charge in [0.05, 0.1) is 12.2 Å². The van der Waals surface area contributed by atoms with Gasteiger partial charge < -0.3 is 9.80 Å². The molecule has 0 unspecified atom stereocenters. The average Bonchev–Trinajstić information content (AvgIpc) is 2.84. The molecule has 0 atom stereocenters. The second kappa shape index (κ2) is 5.52. The Morgan fingerprint density at radius 1 is 1.29 bits per heavy atom. The SMILES string of the molecule is CN1CN(C(=O)CCc2ccnc3ccccc23)CC1=O. The molecule has 1 aromatic carbocycles. The summed E-state index contributed by atoms with van der Waals surface area (Å²) in [6.07, 6.45) is 2.85. The summed E-state index contributed by atoms with van der Waals surface area (Å²) in [5.74, 6) is 0.0197. The number of aromatic nitrogens is 1. The van der Waals surface area contributed by atoms with Crippen LogP contribution in [0.5, 0.6) is 0 Å². The van der Waals surface area contributed by atoms with Crippen molar-refractivity contribution in [2.75, 3.05) is 20.3 Å². The number of aryl methyl sites for hydroxylation is 1. The van der Waals surface area contributed by atoms with Crippen molar-refractivity contribution in [3.63, 3.8) is 0 Å². The van der Waals surface area contributed by atoms with Crippen molar-refractivity contribution < 1.29 is 9.59 Å². The minimum atomic E-state index is -0.00212. The highest BCUT2D eigenvalue weighted by molar-refractivity contribution is 5.88. The lowest BCUT2D eigenvalue weighted by molar-refractivity contribution is -0.131. The Morgan fingerprint density at radius 3 is 2.86 bits per heavy atom. The van der Waals surface area contributed by atoms with Crippen LogP contribution in [-0.2, 0) is 16.0 Å². The zero-order valence-electron chi connectivity index (χ0n) is 12.0. The van der Waals surface area contributed by atoms with Crippen molar-refractivity contribution in [1.29, 1.82) is 0 Å². The van der Waals surface area contributed by atoms with E-state index in [1.165, 1.54) is 0 Å². The van der Waals surface area contributed by atoms with E-state index in [4.69, 9.17) is 0 Å². The third-order valence-corrected chi connectivity index (χ3v) is 3.83. The van der Waals surface area contributed by atoms with Crippen LogP contribution >= 0.6 is 0 Å². The molecule has 1 saturated heterocycles. The van der Waals surface area contributed by atoms with Crippen molar-refractivity contribution >= 4 is 22.7 Å². The molecule has 1 aromatic heterocycles. The van der Waals surface area contributed by atoms with Gasteiger partial charge in [0.15, 0.2) is 0 Å². The summed E-state index contributed by atoms with van der Waals surface area (Å²) in [4.78, 5) is 31.1. The van der Waals surface area contributed by atoms with E-state index in [0.717, 1.165) is 16.5 Å². The monoisotopic (exact) mass is 283 g/mol. The molecule has 0 radical (unpaired) electrons. The number of pyridine rings is 1. The molecule has 1 aliphatic rings. The van der Waals surface area contributed by atoms with Crippen LogP contribution in [0.4, 0.5) is 0 Å². The van der Waals surface area contributed by atoms with Crippen LogP contribution in [0.1, 0.15) is 12.0 Å². The highest BCUT2D eigenvalue weighted by Crippen LogP contribution is 2.18. The van der Waals surface area contributed by atoms with Crippen molar-refractivity contribution in [2.45, 2.75) is 12.8 Å².